The van der Waals surface area contributed by atoms with Crippen LogP contribution in [0.5, 0.6) is 0 Å². The lowest BCUT2D eigenvalue weighted by atomic mass is 10.1. The van der Waals surface area contributed by atoms with E-state index in [9.17, 15) is 0 Å². The summed E-state index contributed by atoms with van der Waals surface area (Å²) in [4.78, 5) is 4.40. The van der Waals surface area contributed by atoms with E-state index in [-0.39, 0.29) is 0 Å². The summed E-state index contributed by atoms with van der Waals surface area (Å²) >= 11 is 0. The van der Waals surface area contributed by atoms with Gasteiger partial charge in [-0.25, -0.2) is 4.98 Å². The Hall–Kier alpha value is -0.900. The third-order valence-electron chi connectivity index (χ3n) is 2.54. The highest BCUT2D eigenvalue weighted by Crippen LogP contribution is 2.12. The number of H-pyrrole nitrogens is 1. The Bertz CT molecular complexity index is 262. The molecule has 1 atom stereocenters. The summed E-state index contributed by atoms with van der Waals surface area (Å²) in [5, 5.41) is 10.5. The van der Waals surface area contributed by atoms with Crippen LogP contribution in [0.2, 0.25) is 0 Å². The van der Waals surface area contributed by atoms with Crippen LogP contribution in [0.25, 0.3) is 0 Å². The molecule has 0 aromatic carbocycles. The number of nitrogens with one attached hydrogen (secondary N) is 2. The zero-order chi connectivity index (χ0) is 9.10. The van der Waals surface area contributed by atoms with E-state index < -0.39 is 0 Å². The van der Waals surface area contributed by atoms with Crippen LogP contribution < -0.4 is 5.32 Å². The lowest BCUT2D eigenvalue weighted by Crippen LogP contribution is -2.11. The molecule has 0 amide bonds. The smallest absolute Gasteiger partial charge is 0.150 e. The molecule has 2 heterocycles. The Labute approximate surface area is 78.1 Å². The second-order valence-corrected chi connectivity index (χ2v) is 3.61. The molecule has 1 aromatic rings. The van der Waals surface area contributed by atoms with Gasteiger partial charge in [0.2, 0.25) is 0 Å². The maximum atomic E-state index is 4.40. The minimum absolute atomic E-state index is 0.748. The molecule has 1 fully saturated rings. The van der Waals surface area contributed by atoms with Gasteiger partial charge in [-0.05, 0) is 25.4 Å². The number of hydrogen-bond donors (Lipinski definition) is 2. The summed E-state index contributed by atoms with van der Waals surface area (Å²) in [6.07, 6.45) is 3.22. The number of aromatic amines is 1. The van der Waals surface area contributed by atoms with Crippen molar-refractivity contribution in [1.82, 2.24) is 20.5 Å². The Kier molecular flexibility index (Phi) is 2.59. The standard InChI is InChI=1S/C9H16N4/c1-2-8-11-9(13-12-8)5-7-3-4-10-6-7/h7,10H,2-6H2,1H3,(H,11,12,13). The van der Waals surface area contributed by atoms with Gasteiger partial charge in [-0.15, -0.1) is 0 Å². The topological polar surface area (TPSA) is 53.6 Å². The van der Waals surface area contributed by atoms with Crippen LogP contribution in [-0.2, 0) is 12.8 Å². The minimum Gasteiger partial charge on any atom is -0.316 e. The van der Waals surface area contributed by atoms with Gasteiger partial charge in [0.25, 0.3) is 0 Å². The van der Waals surface area contributed by atoms with Crippen molar-refractivity contribution in [3.8, 4) is 0 Å². The molecule has 0 bridgehead atoms. The molecule has 13 heavy (non-hydrogen) atoms. The van der Waals surface area contributed by atoms with E-state index in [0.717, 1.165) is 43.5 Å². The summed E-state index contributed by atoms with van der Waals surface area (Å²) < 4.78 is 0. The van der Waals surface area contributed by atoms with E-state index in [1.165, 1.54) is 6.42 Å². The third kappa shape index (κ3) is 2.06. The van der Waals surface area contributed by atoms with Crippen LogP contribution in [0.15, 0.2) is 0 Å². The van der Waals surface area contributed by atoms with Crippen LogP contribution >= 0.6 is 0 Å². The average Bonchev–Trinajstić information content (AvgIpc) is 2.76. The Balaban J connectivity index is 1.92. The van der Waals surface area contributed by atoms with E-state index in [4.69, 9.17) is 0 Å². The van der Waals surface area contributed by atoms with Gasteiger partial charge < -0.3 is 5.32 Å². The molecule has 0 spiro atoms. The number of aryl methyl sites for hydroxylation is 1. The highest BCUT2D eigenvalue weighted by molar-refractivity contribution is 4.92. The summed E-state index contributed by atoms with van der Waals surface area (Å²) in [5.74, 6) is 2.73. The Morgan fingerprint density at radius 1 is 1.54 bits per heavy atom. The van der Waals surface area contributed by atoms with Gasteiger partial charge in [-0.1, -0.05) is 6.92 Å². The SMILES string of the molecule is CCc1n[nH]c(CC2CCNC2)n1. The number of nitrogens with zero attached hydrogens (tertiary/aromatic N) is 2. The van der Waals surface area contributed by atoms with Crippen LogP contribution in [-0.4, -0.2) is 28.3 Å². The average molecular weight is 180 g/mol. The molecular formula is C9H16N4. The second-order valence-electron chi connectivity index (χ2n) is 3.61. The zero-order valence-corrected chi connectivity index (χ0v) is 8.01. The molecule has 4 nitrogen and oxygen atoms in total. The van der Waals surface area contributed by atoms with E-state index in [1.54, 1.807) is 0 Å². The largest absolute Gasteiger partial charge is 0.316 e. The quantitative estimate of drug-likeness (QED) is 0.713. The molecule has 4 heteroatoms. The molecule has 0 radical (unpaired) electrons. The van der Waals surface area contributed by atoms with E-state index in [0.29, 0.717) is 0 Å². The first-order valence-corrected chi connectivity index (χ1v) is 4.99. The molecule has 1 saturated heterocycles. The van der Waals surface area contributed by atoms with Crippen molar-refractivity contribution in [1.29, 1.82) is 0 Å². The fourth-order valence-electron chi connectivity index (χ4n) is 1.75. The van der Waals surface area contributed by atoms with Crippen molar-refractivity contribution in [3.63, 3.8) is 0 Å². The van der Waals surface area contributed by atoms with Gasteiger partial charge in [0.1, 0.15) is 11.6 Å². The van der Waals surface area contributed by atoms with Gasteiger partial charge in [-0.2, -0.15) is 5.10 Å². The van der Waals surface area contributed by atoms with Crippen LogP contribution in [0.4, 0.5) is 0 Å². The zero-order valence-electron chi connectivity index (χ0n) is 8.01. The third-order valence-corrected chi connectivity index (χ3v) is 2.54. The number of aromatic nitrogens is 3. The molecule has 0 saturated carbocycles. The normalized spacial score (nSPS) is 22.4. The Morgan fingerprint density at radius 2 is 2.46 bits per heavy atom. The van der Waals surface area contributed by atoms with Crippen molar-refractivity contribution in [3.05, 3.63) is 11.6 Å². The predicted molar refractivity (Wildman–Crippen MR) is 50.4 cm³/mol. The molecular weight excluding hydrogens is 164 g/mol. The highest BCUT2D eigenvalue weighted by atomic mass is 15.2. The summed E-state index contributed by atoms with van der Waals surface area (Å²) in [7, 11) is 0. The lowest BCUT2D eigenvalue weighted by molar-refractivity contribution is 0.562. The van der Waals surface area contributed by atoms with Gasteiger partial charge in [0.15, 0.2) is 0 Å². The number of hydrogen-bond acceptors (Lipinski definition) is 3. The fraction of sp³-hybridized carbons (Fsp3) is 0.778. The first-order chi connectivity index (χ1) is 6.38. The van der Waals surface area contributed by atoms with Crippen molar-refractivity contribution in [2.45, 2.75) is 26.2 Å². The fourth-order valence-corrected chi connectivity index (χ4v) is 1.75. The monoisotopic (exact) mass is 180 g/mol. The van der Waals surface area contributed by atoms with Gasteiger partial charge >= 0.3 is 0 Å². The van der Waals surface area contributed by atoms with Crippen LogP contribution in [0.1, 0.15) is 25.0 Å². The van der Waals surface area contributed by atoms with E-state index in [2.05, 4.69) is 27.4 Å². The van der Waals surface area contributed by atoms with Crippen molar-refractivity contribution in [2.24, 2.45) is 5.92 Å². The maximum absolute atomic E-state index is 4.40. The highest BCUT2D eigenvalue weighted by Gasteiger charge is 2.16. The van der Waals surface area contributed by atoms with E-state index >= 15 is 0 Å². The molecule has 72 valence electrons. The van der Waals surface area contributed by atoms with Crippen molar-refractivity contribution in [2.75, 3.05) is 13.1 Å². The van der Waals surface area contributed by atoms with Crippen LogP contribution in [0, 0.1) is 5.92 Å². The van der Waals surface area contributed by atoms with Gasteiger partial charge in [0.05, 0.1) is 0 Å². The van der Waals surface area contributed by atoms with Gasteiger partial charge in [0, 0.05) is 12.8 Å². The minimum atomic E-state index is 0.748. The van der Waals surface area contributed by atoms with Crippen LogP contribution in [0.3, 0.4) is 0 Å². The van der Waals surface area contributed by atoms with E-state index in [1.807, 2.05) is 0 Å². The molecule has 2 rings (SSSR count). The van der Waals surface area contributed by atoms with Crippen molar-refractivity contribution >= 4 is 0 Å². The molecule has 1 aliphatic rings. The molecule has 2 N–H and O–H groups in total. The second kappa shape index (κ2) is 3.87. The van der Waals surface area contributed by atoms with Gasteiger partial charge in [-0.3, -0.25) is 5.10 Å². The summed E-state index contributed by atoms with van der Waals surface area (Å²) in [6.45, 7) is 4.35. The van der Waals surface area contributed by atoms with Crippen molar-refractivity contribution < 1.29 is 0 Å². The Morgan fingerprint density at radius 3 is 3.08 bits per heavy atom. The maximum Gasteiger partial charge on any atom is 0.150 e. The first kappa shape index (κ1) is 8.69. The molecule has 0 aliphatic carbocycles. The predicted octanol–water partition coefficient (Wildman–Crippen LogP) is 0.519. The lowest BCUT2D eigenvalue weighted by Gasteiger charge is -2.03. The summed E-state index contributed by atoms with van der Waals surface area (Å²) in [5.41, 5.74) is 0. The first-order valence-electron chi connectivity index (χ1n) is 4.99. The summed E-state index contributed by atoms with van der Waals surface area (Å²) in [6, 6.07) is 0. The molecule has 1 unspecified atom stereocenters. The molecule has 1 aliphatic heterocycles. The molecule has 1 aromatic heterocycles. The number of rotatable bonds is 3.